The van der Waals surface area contributed by atoms with Gasteiger partial charge < -0.3 is 19.6 Å². The maximum atomic E-state index is 13.3. The number of aliphatic hydroxyl groups excluding tert-OH is 1. The Balaban J connectivity index is 1.91. The van der Waals surface area contributed by atoms with Crippen molar-refractivity contribution in [2.24, 2.45) is 0 Å². The molecule has 3 aromatic rings. The summed E-state index contributed by atoms with van der Waals surface area (Å²) >= 11 is 0. The first-order valence-electron chi connectivity index (χ1n) is 11.3. The van der Waals surface area contributed by atoms with Crippen LogP contribution in [0.2, 0.25) is 0 Å². The normalized spacial score (nSPS) is 17.8. The molecule has 1 N–H and O–H groups in total. The Bertz CT molecular complexity index is 1290. The van der Waals surface area contributed by atoms with E-state index in [1.54, 1.807) is 41.7 Å². The van der Waals surface area contributed by atoms with E-state index < -0.39 is 17.7 Å². The third kappa shape index (κ3) is 4.05. The highest BCUT2D eigenvalue weighted by Crippen LogP contribution is 2.41. The number of imidazole rings is 1. The molecule has 178 valence electrons. The number of likely N-dealkylation sites (tertiary alicyclic amines) is 1. The molecule has 34 heavy (non-hydrogen) atoms. The third-order valence-corrected chi connectivity index (χ3v) is 6.20. The van der Waals surface area contributed by atoms with Gasteiger partial charge in [0.15, 0.2) is 5.76 Å². The lowest BCUT2D eigenvalue weighted by molar-refractivity contribution is -0.139. The summed E-state index contributed by atoms with van der Waals surface area (Å²) in [5.41, 5.74) is 3.40. The minimum Gasteiger partial charge on any atom is -0.505 e. The van der Waals surface area contributed by atoms with Crippen molar-refractivity contribution in [3.05, 3.63) is 70.7 Å². The molecule has 0 unspecified atom stereocenters. The first-order chi connectivity index (χ1) is 16.2. The summed E-state index contributed by atoms with van der Waals surface area (Å²) in [5.74, 6) is -0.928. The standard InChI is InChI=1S/C26H30N4O4/c1-16-9-7-13-29-21(17(2)27-25(16)29)23(31)20-22(18-10-6-11-19(15-18)34-5)30(26(33)24(20)32)14-8-12-28(3)4/h6-7,9-11,13,15,22,31H,8,12,14H2,1-5H3/t22-/m0/s1. The summed E-state index contributed by atoms with van der Waals surface area (Å²) in [5, 5.41) is 11.5. The van der Waals surface area contributed by atoms with E-state index in [4.69, 9.17) is 4.74 Å². The first kappa shape index (κ1) is 23.5. The predicted molar refractivity (Wildman–Crippen MR) is 130 cm³/mol. The number of aryl methyl sites for hydroxylation is 2. The molecule has 1 amide bonds. The molecule has 1 fully saturated rings. The number of amides is 1. The fraction of sp³-hybridized carbons (Fsp3) is 0.346. The van der Waals surface area contributed by atoms with Gasteiger partial charge in [-0.15, -0.1) is 0 Å². The molecule has 2 aromatic heterocycles. The lowest BCUT2D eigenvalue weighted by Gasteiger charge is -2.26. The third-order valence-electron chi connectivity index (χ3n) is 6.20. The van der Waals surface area contributed by atoms with E-state index >= 15 is 0 Å². The number of ether oxygens (including phenoxy) is 1. The highest BCUT2D eigenvalue weighted by molar-refractivity contribution is 6.46. The number of carbonyl (C=O) groups is 2. The molecule has 0 radical (unpaired) electrons. The van der Waals surface area contributed by atoms with E-state index in [9.17, 15) is 14.7 Å². The number of Topliss-reactive ketones (excluding diaryl/α,β-unsaturated/α-hetero) is 1. The van der Waals surface area contributed by atoms with Crippen molar-refractivity contribution in [3.8, 4) is 5.75 Å². The Kier molecular flexibility index (Phi) is 6.43. The zero-order chi connectivity index (χ0) is 24.6. The Labute approximate surface area is 199 Å². The van der Waals surface area contributed by atoms with Gasteiger partial charge in [0.25, 0.3) is 11.7 Å². The Hall–Kier alpha value is -3.65. The van der Waals surface area contributed by atoms with Crippen LogP contribution in [0.5, 0.6) is 5.75 Å². The van der Waals surface area contributed by atoms with Crippen LogP contribution < -0.4 is 4.74 Å². The number of methoxy groups -OCH3 is 1. The van der Waals surface area contributed by atoms with Crippen LogP contribution in [0, 0.1) is 13.8 Å². The number of benzene rings is 1. The quantitative estimate of drug-likeness (QED) is 0.329. The molecule has 0 spiro atoms. The zero-order valence-electron chi connectivity index (χ0n) is 20.2. The maximum absolute atomic E-state index is 13.3. The van der Waals surface area contributed by atoms with Crippen LogP contribution in [0.1, 0.15) is 35.0 Å². The molecule has 8 heteroatoms. The maximum Gasteiger partial charge on any atom is 0.295 e. The number of pyridine rings is 1. The van der Waals surface area contributed by atoms with Crippen molar-refractivity contribution in [3.63, 3.8) is 0 Å². The summed E-state index contributed by atoms with van der Waals surface area (Å²) < 4.78 is 7.15. The van der Waals surface area contributed by atoms with Gasteiger partial charge in [-0.25, -0.2) is 4.98 Å². The number of rotatable bonds is 7. The molecular formula is C26H30N4O4. The lowest BCUT2D eigenvalue weighted by Crippen LogP contribution is -2.32. The van der Waals surface area contributed by atoms with E-state index in [1.165, 1.54) is 0 Å². The van der Waals surface area contributed by atoms with Crippen LogP contribution in [0.15, 0.2) is 48.2 Å². The molecular weight excluding hydrogens is 432 g/mol. The van der Waals surface area contributed by atoms with Crippen LogP contribution in [0.4, 0.5) is 0 Å². The van der Waals surface area contributed by atoms with E-state index in [-0.39, 0.29) is 11.3 Å². The van der Waals surface area contributed by atoms with Gasteiger partial charge >= 0.3 is 0 Å². The molecule has 0 aliphatic carbocycles. The van der Waals surface area contributed by atoms with Gasteiger partial charge in [0, 0.05) is 12.7 Å². The first-order valence-corrected chi connectivity index (χ1v) is 11.3. The fourth-order valence-corrected chi connectivity index (χ4v) is 4.56. The van der Waals surface area contributed by atoms with E-state index in [1.807, 2.05) is 50.2 Å². The molecule has 3 heterocycles. The van der Waals surface area contributed by atoms with Gasteiger partial charge in [0.2, 0.25) is 0 Å². The highest BCUT2D eigenvalue weighted by Gasteiger charge is 2.46. The molecule has 4 rings (SSSR count). The summed E-state index contributed by atoms with van der Waals surface area (Å²) in [6, 6.07) is 10.3. The van der Waals surface area contributed by atoms with Gasteiger partial charge in [-0.2, -0.15) is 0 Å². The highest BCUT2D eigenvalue weighted by atomic mass is 16.5. The van der Waals surface area contributed by atoms with Gasteiger partial charge in [0.05, 0.1) is 24.4 Å². The second kappa shape index (κ2) is 9.30. The molecule has 8 nitrogen and oxygen atoms in total. The van der Waals surface area contributed by atoms with E-state index in [2.05, 4.69) is 4.98 Å². The van der Waals surface area contributed by atoms with Crippen molar-refractivity contribution < 1.29 is 19.4 Å². The minimum atomic E-state index is -0.730. The number of nitrogens with zero attached hydrogens (tertiary/aromatic N) is 4. The van der Waals surface area contributed by atoms with Crippen LogP contribution in [-0.2, 0) is 9.59 Å². The second-order valence-electron chi connectivity index (χ2n) is 8.86. The van der Waals surface area contributed by atoms with Gasteiger partial charge in [0.1, 0.15) is 17.1 Å². The van der Waals surface area contributed by atoms with Crippen LogP contribution in [0.3, 0.4) is 0 Å². The van der Waals surface area contributed by atoms with Gasteiger partial charge in [-0.3, -0.25) is 14.0 Å². The summed E-state index contributed by atoms with van der Waals surface area (Å²) in [7, 11) is 5.49. The second-order valence-corrected chi connectivity index (χ2v) is 8.86. The molecule has 1 aromatic carbocycles. The molecule has 1 aliphatic rings. The van der Waals surface area contributed by atoms with Gasteiger partial charge in [-0.05, 0) is 70.2 Å². The zero-order valence-corrected chi connectivity index (χ0v) is 20.2. The number of fused-ring (bicyclic) bond motifs is 1. The van der Waals surface area contributed by atoms with Crippen LogP contribution in [0.25, 0.3) is 11.4 Å². The largest absolute Gasteiger partial charge is 0.505 e. The van der Waals surface area contributed by atoms with Crippen molar-refractivity contribution in [1.29, 1.82) is 0 Å². The summed E-state index contributed by atoms with van der Waals surface area (Å²) in [4.78, 5) is 34.7. The number of hydrogen-bond donors (Lipinski definition) is 1. The predicted octanol–water partition coefficient (Wildman–Crippen LogP) is 3.33. The van der Waals surface area contributed by atoms with Crippen LogP contribution in [-0.4, -0.2) is 70.3 Å². The van der Waals surface area contributed by atoms with Crippen molar-refractivity contribution in [2.75, 3.05) is 34.3 Å². The number of hydrogen-bond acceptors (Lipinski definition) is 6. The number of aliphatic hydroxyl groups is 1. The summed E-state index contributed by atoms with van der Waals surface area (Å²) in [6.45, 7) is 4.87. The smallest absolute Gasteiger partial charge is 0.295 e. The lowest BCUT2D eigenvalue weighted by atomic mass is 9.96. The summed E-state index contributed by atoms with van der Waals surface area (Å²) in [6.07, 6.45) is 2.49. The van der Waals surface area contributed by atoms with E-state index in [0.29, 0.717) is 41.3 Å². The average molecular weight is 463 g/mol. The molecule has 0 saturated carbocycles. The number of aromatic nitrogens is 2. The molecule has 1 atom stereocenters. The van der Waals surface area contributed by atoms with Crippen molar-refractivity contribution in [2.45, 2.75) is 26.3 Å². The average Bonchev–Trinajstić information content (AvgIpc) is 3.28. The fourth-order valence-electron chi connectivity index (χ4n) is 4.56. The van der Waals surface area contributed by atoms with Crippen LogP contribution >= 0.6 is 0 Å². The van der Waals surface area contributed by atoms with Gasteiger partial charge in [-0.1, -0.05) is 18.2 Å². The number of carbonyl (C=O) groups excluding carboxylic acids is 2. The number of ketones is 1. The molecule has 1 aliphatic heterocycles. The molecule has 0 bridgehead atoms. The molecule has 1 saturated heterocycles. The Morgan fingerprint density at radius 1 is 1.18 bits per heavy atom. The van der Waals surface area contributed by atoms with Crippen molar-refractivity contribution in [1.82, 2.24) is 19.2 Å². The topological polar surface area (TPSA) is 87.4 Å². The Morgan fingerprint density at radius 2 is 1.94 bits per heavy atom. The minimum absolute atomic E-state index is 0.0644. The van der Waals surface area contributed by atoms with E-state index in [0.717, 1.165) is 12.1 Å². The monoisotopic (exact) mass is 462 g/mol. The van der Waals surface area contributed by atoms with Crippen molar-refractivity contribution >= 4 is 23.1 Å². The SMILES string of the molecule is COc1cccc([C@H]2C(=C(O)c3c(C)nc4c(C)cccn34)C(=O)C(=O)N2CCCN(C)C)c1. The Morgan fingerprint density at radius 3 is 2.65 bits per heavy atom.